The van der Waals surface area contributed by atoms with E-state index in [1.54, 1.807) is 30.8 Å². The molecule has 1 aliphatic rings. The van der Waals surface area contributed by atoms with Gasteiger partial charge < -0.3 is 10.2 Å². The highest BCUT2D eigenvalue weighted by Gasteiger charge is 2.31. The van der Waals surface area contributed by atoms with Crippen LogP contribution in [0.25, 0.3) is 0 Å². The molecule has 5 heteroatoms. The summed E-state index contributed by atoms with van der Waals surface area (Å²) >= 11 is 1.70. The van der Waals surface area contributed by atoms with Crippen LogP contribution in [0.4, 0.5) is 0 Å². The number of likely N-dealkylation sites (N-methyl/N-ethyl adjacent to an activating group) is 1. The van der Waals surface area contributed by atoms with Crippen LogP contribution < -0.4 is 5.32 Å². The maximum atomic E-state index is 11.6. The Balaban J connectivity index is 2.63. The molecule has 0 bridgehead atoms. The fourth-order valence-electron chi connectivity index (χ4n) is 1.42. The van der Waals surface area contributed by atoms with Gasteiger partial charge in [0.2, 0.25) is 5.91 Å². The smallest absolute Gasteiger partial charge is 0.246 e. The summed E-state index contributed by atoms with van der Waals surface area (Å²) in [5.41, 5.74) is 0.129. The second kappa shape index (κ2) is 5.08. The molecule has 0 saturated carbocycles. The SMILES string of the molecule is CCC1(C)CSC(=NC(C)C(=O)N(C)C)N1. The molecule has 2 atom stereocenters. The van der Waals surface area contributed by atoms with Gasteiger partial charge in [-0.25, -0.2) is 4.99 Å². The number of hydrogen-bond acceptors (Lipinski definition) is 3. The van der Waals surface area contributed by atoms with Gasteiger partial charge in [-0.05, 0) is 20.3 Å². The largest absolute Gasteiger partial charge is 0.359 e. The van der Waals surface area contributed by atoms with E-state index < -0.39 is 0 Å². The van der Waals surface area contributed by atoms with E-state index >= 15 is 0 Å². The van der Waals surface area contributed by atoms with Gasteiger partial charge >= 0.3 is 0 Å². The summed E-state index contributed by atoms with van der Waals surface area (Å²) in [4.78, 5) is 17.6. The minimum absolute atomic E-state index is 0.0417. The van der Waals surface area contributed by atoms with Gasteiger partial charge in [0.25, 0.3) is 0 Å². The number of nitrogens with zero attached hydrogens (tertiary/aromatic N) is 2. The zero-order valence-electron chi connectivity index (χ0n) is 10.7. The summed E-state index contributed by atoms with van der Waals surface area (Å²) in [5, 5.41) is 4.28. The summed E-state index contributed by atoms with van der Waals surface area (Å²) in [6.07, 6.45) is 1.06. The number of amides is 1. The molecule has 0 aromatic carbocycles. The zero-order chi connectivity index (χ0) is 12.3. The maximum absolute atomic E-state index is 11.6. The van der Waals surface area contributed by atoms with Crippen LogP contribution in [0.3, 0.4) is 0 Å². The number of rotatable bonds is 3. The number of amidine groups is 1. The Bertz CT molecular complexity index is 304. The maximum Gasteiger partial charge on any atom is 0.246 e. The number of carbonyl (C=O) groups is 1. The third kappa shape index (κ3) is 3.14. The van der Waals surface area contributed by atoms with Crippen LogP contribution in [0.15, 0.2) is 4.99 Å². The van der Waals surface area contributed by atoms with Gasteiger partial charge in [-0.2, -0.15) is 0 Å². The summed E-state index contributed by atoms with van der Waals surface area (Å²) in [6, 6.07) is -0.302. The van der Waals surface area contributed by atoms with Crippen molar-refractivity contribution in [2.24, 2.45) is 4.99 Å². The average molecular weight is 243 g/mol. The van der Waals surface area contributed by atoms with E-state index in [0.29, 0.717) is 0 Å². The number of nitrogens with one attached hydrogen (secondary N) is 1. The molecule has 1 amide bonds. The van der Waals surface area contributed by atoms with Gasteiger partial charge in [-0.3, -0.25) is 4.79 Å². The molecule has 0 spiro atoms. The highest BCUT2D eigenvalue weighted by Crippen LogP contribution is 2.25. The third-order valence-corrected chi connectivity index (χ3v) is 4.09. The first-order valence-corrected chi connectivity index (χ1v) is 6.56. The first-order chi connectivity index (χ1) is 7.38. The Morgan fingerprint density at radius 1 is 1.69 bits per heavy atom. The molecule has 16 heavy (non-hydrogen) atoms. The first-order valence-electron chi connectivity index (χ1n) is 5.58. The number of hydrogen-bond donors (Lipinski definition) is 1. The van der Waals surface area contributed by atoms with Gasteiger partial charge in [0.1, 0.15) is 6.04 Å². The highest BCUT2D eigenvalue weighted by molar-refractivity contribution is 8.14. The lowest BCUT2D eigenvalue weighted by Gasteiger charge is -2.21. The number of thioether (sulfide) groups is 1. The van der Waals surface area contributed by atoms with Gasteiger partial charge in [0.15, 0.2) is 5.17 Å². The lowest BCUT2D eigenvalue weighted by atomic mass is 10.0. The van der Waals surface area contributed by atoms with E-state index in [0.717, 1.165) is 17.3 Å². The van der Waals surface area contributed by atoms with Crippen molar-refractivity contribution in [3.63, 3.8) is 0 Å². The van der Waals surface area contributed by atoms with Crippen LogP contribution in [0.5, 0.6) is 0 Å². The normalized spacial score (nSPS) is 28.9. The van der Waals surface area contributed by atoms with Gasteiger partial charge in [0, 0.05) is 25.4 Å². The molecule has 1 fully saturated rings. The Labute approximate surface area is 102 Å². The van der Waals surface area contributed by atoms with Crippen molar-refractivity contribution in [3.05, 3.63) is 0 Å². The van der Waals surface area contributed by atoms with Crippen molar-refractivity contribution in [1.82, 2.24) is 10.2 Å². The lowest BCUT2D eigenvalue weighted by molar-refractivity contribution is -0.129. The standard InChI is InChI=1S/C11H21N3OS/c1-6-11(3)7-16-10(13-11)12-8(2)9(15)14(4)5/h8H,6-7H2,1-5H3,(H,12,13). The molecule has 1 aliphatic heterocycles. The fraction of sp³-hybridized carbons (Fsp3) is 0.818. The quantitative estimate of drug-likeness (QED) is 0.813. The molecule has 0 aromatic rings. The van der Waals surface area contributed by atoms with E-state index in [4.69, 9.17) is 0 Å². The second-order valence-electron chi connectivity index (χ2n) is 4.67. The van der Waals surface area contributed by atoms with Crippen LogP contribution in [0.1, 0.15) is 27.2 Å². The minimum atomic E-state index is -0.302. The van der Waals surface area contributed by atoms with Crippen molar-refractivity contribution in [2.75, 3.05) is 19.8 Å². The minimum Gasteiger partial charge on any atom is -0.359 e. The number of carbonyl (C=O) groups excluding carboxylic acids is 1. The monoisotopic (exact) mass is 243 g/mol. The summed E-state index contributed by atoms with van der Waals surface area (Å²) in [6.45, 7) is 6.17. The zero-order valence-corrected chi connectivity index (χ0v) is 11.5. The molecule has 1 rings (SSSR count). The van der Waals surface area contributed by atoms with Crippen LogP contribution in [-0.2, 0) is 4.79 Å². The van der Waals surface area contributed by atoms with Crippen molar-refractivity contribution >= 4 is 22.8 Å². The molecule has 1 heterocycles. The summed E-state index contributed by atoms with van der Waals surface area (Å²) in [7, 11) is 3.51. The van der Waals surface area contributed by atoms with E-state index in [-0.39, 0.29) is 17.5 Å². The molecule has 2 unspecified atom stereocenters. The fourth-order valence-corrected chi connectivity index (χ4v) is 2.71. The Kier molecular flexibility index (Phi) is 4.24. The first kappa shape index (κ1) is 13.4. The van der Waals surface area contributed by atoms with Crippen LogP contribution in [-0.4, -0.2) is 47.4 Å². The predicted molar refractivity (Wildman–Crippen MR) is 69.9 cm³/mol. The van der Waals surface area contributed by atoms with Gasteiger partial charge in [-0.1, -0.05) is 18.7 Å². The summed E-state index contributed by atoms with van der Waals surface area (Å²) in [5.74, 6) is 1.06. The third-order valence-electron chi connectivity index (χ3n) is 2.83. The molecular weight excluding hydrogens is 222 g/mol. The van der Waals surface area contributed by atoms with E-state index in [2.05, 4.69) is 24.2 Å². The number of aliphatic imine (C=N–C) groups is 1. The summed E-state index contributed by atoms with van der Waals surface area (Å²) < 4.78 is 0. The second-order valence-corrected chi connectivity index (χ2v) is 5.63. The van der Waals surface area contributed by atoms with Crippen LogP contribution >= 0.6 is 11.8 Å². The molecule has 1 saturated heterocycles. The molecule has 1 N–H and O–H groups in total. The molecule has 4 nitrogen and oxygen atoms in total. The van der Waals surface area contributed by atoms with E-state index in [1.165, 1.54) is 0 Å². The molecule has 0 radical (unpaired) electrons. The molecular formula is C11H21N3OS. The van der Waals surface area contributed by atoms with Gasteiger partial charge in [-0.15, -0.1) is 0 Å². The van der Waals surface area contributed by atoms with Crippen molar-refractivity contribution in [2.45, 2.75) is 38.8 Å². The Morgan fingerprint density at radius 2 is 2.31 bits per heavy atom. The predicted octanol–water partition coefficient (Wildman–Crippen LogP) is 1.32. The Morgan fingerprint density at radius 3 is 2.75 bits per heavy atom. The van der Waals surface area contributed by atoms with E-state index in [1.807, 2.05) is 6.92 Å². The molecule has 0 aromatic heterocycles. The topological polar surface area (TPSA) is 44.7 Å². The molecule has 92 valence electrons. The molecule has 0 aliphatic carbocycles. The van der Waals surface area contributed by atoms with Crippen molar-refractivity contribution < 1.29 is 4.79 Å². The van der Waals surface area contributed by atoms with Crippen LogP contribution in [0, 0.1) is 0 Å². The Hall–Kier alpha value is -0.710. The van der Waals surface area contributed by atoms with E-state index in [9.17, 15) is 4.79 Å². The van der Waals surface area contributed by atoms with Gasteiger partial charge in [0.05, 0.1) is 0 Å². The van der Waals surface area contributed by atoms with Crippen molar-refractivity contribution in [1.29, 1.82) is 0 Å². The average Bonchev–Trinajstić information content (AvgIpc) is 2.59. The lowest BCUT2D eigenvalue weighted by Crippen LogP contribution is -2.40. The van der Waals surface area contributed by atoms with Crippen LogP contribution in [0.2, 0.25) is 0 Å². The highest BCUT2D eigenvalue weighted by atomic mass is 32.2. The van der Waals surface area contributed by atoms with Crippen molar-refractivity contribution in [3.8, 4) is 0 Å².